The summed E-state index contributed by atoms with van der Waals surface area (Å²) in [4.78, 5) is 8.90. The van der Waals surface area contributed by atoms with Crippen molar-refractivity contribution in [3.8, 4) is 0 Å². The van der Waals surface area contributed by atoms with Gasteiger partial charge in [0, 0.05) is 18.8 Å². The highest BCUT2D eigenvalue weighted by Crippen LogP contribution is 2.31. The van der Waals surface area contributed by atoms with Crippen molar-refractivity contribution in [1.82, 2.24) is 9.97 Å². The molecule has 0 radical (unpaired) electrons. The Kier molecular flexibility index (Phi) is 4.73. The minimum absolute atomic E-state index is 0.0742. The minimum atomic E-state index is 0.0742. The second-order valence-corrected chi connectivity index (χ2v) is 6.57. The molecular formula is C16H22N4S. The van der Waals surface area contributed by atoms with E-state index in [-0.39, 0.29) is 5.41 Å². The summed E-state index contributed by atoms with van der Waals surface area (Å²) in [6.45, 7) is 6.62. The summed E-state index contributed by atoms with van der Waals surface area (Å²) < 4.78 is 0. The molecule has 21 heavy (non-hydrogen) atoms. The third-order valence-electron chi connectivity index (χ3n) is 3.14. The molecule has 0 unspecified atom stereocenters. The van der Waals surface area contributed by atoms with E-state index in [1.54, 1.807) is 0 Å². The average Bonchev–Trinajstić information content (AvgIpc) is 2.46. The maximum absolute atomic E-state index is 4.52. The van der Waals surface area contributed by atoms with Gasteiger partial charge in [-0.05, 0) is 23.3 Å². The molecule has 2 rings (SSSR count). The number of aromatic nitrogens is 2. The van der Waals surface area contributed by atoms with Gasteiger partial charge < -0.3 is 10.6 Å². The fraction of sp³-hybridized carbons (Fsp3) is 0.375. The van der Waals surface area contributed by atoms with Crippen molar-refractivity contribution in [2.24, 2.45) is 0 Å². The van der Waals surface area contributed by atoms with Crippen molar-refractivity contribution >= 4 is 29.1 Å². The van der Waals surface area contributed by atoms with Crippen LogP contribution in [0.3, 0.4) is 0 Å². The molecule has 2 N–H and O–H groups in total. The summed E-state index contributed by atoms with van der Waals surface area (Å²) in [6, 6.07) is 10.3. The second-order valence-electron chi connectivity index (χ2n) is 5.80. The molecule has 4 nitrogen and oxygen atoms in total. The van der Waals surface area contributed by atoms with Gasteiger partial charge in [0.25, 0.3) is 0 Å². The van der Waals surface area contributed by atoms with Gasteiger partial charge in [-0.2, -0.15) is 0 Å². The zero-order chi connectivity index (χ0) is 15.5. The number of nitrogens with zero attached hydrogens (tertiary/aromatic N) is 2. The van der Waals surface area contributed by atoms with E-state index in [1.165, 1.54) is 17.3 Å². The number of nitrogens with one attached hydrogen (secondary N) is 2. The highest BCUT2D eigenvalue weighted by Gasteiger charge is 2.17. The normalized spacial score (nSPS) is 11.3. The Morgan fingerprint density at radius 1 is 1.05 bits per heavy atom. The summed E-state index contributed by atoms with van der Waals surface area (Å²) in [5.41, 5.74) is 2.42. The highest BCUT2D eigenvalue weighted by atomic mass is 32.2. The highest BCUT2D eigenvalue weighted by molar-refractivity contribution is 7.98. The van der Waals surface area contributed by atoms with Crippen LogP contribution in [0.4, 0.5) is 17.3 Å². The molecule has 2 aromatic rings. The predicted molar refractivity (Wildman–Crippen MR) is 91.8 cm³/mol. The summed E-state index contributed by atoms with van der Waals surface area (Å²) in [7, 11) is 1.86. The molecule has 0 fully saturated rings. The molecule has 0 spiro atoms. The summed E-state index contributed by atoms with van der Waals surface area (Å²) in [6.07, 6.45) is 1.97. The van der Waals surface area contributed by atoms with E-state index in [0.717, 1.165) is 22.5 Å². The van der Waals surface area contributed by atoms with Crippen molar-refractivity contribution in [3.05, 3.63) is 35.9 Å². The van der Waals surface area contributed by atoms with Crippen LogP contribution < -0.4 is 10.6 Å². The third kappa shape index (κ3) is 3.88. The Morgan fingerprint density at radius 3 is 2.33 bits per heavy atom. The van der Waals surface area contributed by atoms with Gasteiger partial charge in [-0.15, -0.1) is 0 Å². The number of benzene rings is 1. The molecule has 0 atom stereocenters. The van der Waals surface area contributed by atoms with Crippen LogP contribution in [0.1, 0.15) is 26.3 Å². The van der Waals surface area contributed by atoms with Crippen molar-refractivity contribution in [2.75, 3.05) is 23.9 Å². The largest absolute Gasteiger partial charge is 0.373 e. The van der Waals surface area contributed by atoms with Crippen molar-refractivity contribution in [2.45, 2.75) is 31.3 Å². The number of para-hydroxylation sites is 1. The molecule has 0 amide bonds. The first-order valence-corrected chi connectivity index (χ1v) is 8.14. The Bertz CT molecular complexity index is 598. The fourth-order valence-electron chi connectivity index (χ4n) is 2.09. The first-order chi connectivity index (χ1) is 9.94. The van der Waals surface area contributed by atoms with Crippen LogP contribution in [0.25, 0.3) is 0 Å². The smallest absolute Gasteiger partial charge is 0.191 e. The van der Waals surface area contributed by atoms with E-state index in [4.69, 9.17) is 0 Å². The number of thioether (sulfide) groups is 1. The van der Waals surface area contributed by atoms with E-state index in [9.17, 15) is 0 Å². The van der Waals surface area contributed by atoms with Crippen LogP contribution in [0, 0.1) is 0 Å². The van der Waals surface area contributed by atoms with Crippen molar-refractivity contribution in [3.63, 3.8) is 0 Å². The maximum Gasteiger partial charge on any atom is 0.191 e. The van der Waals surface area contributed by atoms with Gasteiger partial charge in [-0.3, -0.25) is 0 Å². The van der Waals surface area contributed by atoms with Crippen LogP contribution in [-0.4, -0.2) is 23.3 Å². The lowest BCUT2D eigenvalue weighted by Gasteiger charge is -2.23. The molecule has 0 saturated carbocycles. The summed E-state index contributed by atoms with van der Waals surface area (Å²) >= 11 is 1.53. The Labute approximate surface area is 130 Å². The molecule has 0 bridgehead atoms. The molecule has 0 aliphatic heterocycles. The van der Waals surface area contributed by atoms with Gasteiger partial charge in [0.1, 0.15) is 11.6 Å². The van der Waals surface area contributed by atoms with E-state index in [0.29, 0.717) is 0 Å². The molecule has 0 aliphatic carbocycles. The first kappa shape index (κ1) is 15.6. The molecule has 1 aromatic heterocycles. The molecule has 0 aliphatic rings. The van der Waals surface area contributed by atoms with Crippen LogP contribution in [-0.2, 0) is 5.41 Å². The molecular weight excluding hydrogens is 280 g/mol. The second kappa shape index (κ2) is 6.35. The monoisotopic (exact) mass is 302 g/mol. The SMILES string of the molecule is CNc1cc(Nc2ccccc2C(C)(C)C)nc(SC)n1. The lowest BCUT2D eigenvalue weighted by molar-refractivity contribution is 0.592. The van der Waals surface area contributed by atoms with Gasteiger partial charge in [-0.1, -0.05) is 50.7 Å². The Hall–Kier alpha value is -1.75. The molecule has 1 aromatic carbocycles. The molecule has 5 heteroatoms. The van der Waals surface area contributed by atoms with Gasteiger partial charge in [0.15, 0.2) is 5.16 Å². The van der Waals surface area contributed by atoms with Crippen molar-refractivity contribution in [1.29, 1.82) is 0 Å². The van der Waals surface area contributed by atoms with E-state index in [2.05, 4.69) is 59.6 Å². The van der Waals surface area contributed by atoms with Gasteiger partial charge in [0.2, 0.25) is 0 Å². The third-order valence-corrected chi connectivity index (χ3v) is 3.69. The summed E-state index contributed by atoms with van der Waals surface area (Å²) in [5, 5.41) is 7.24. The maximum atomic E-state index is 4.52. The van der Waals surface area contributed by atoms with Crippen molar-refractivity contribution < 1.29 is 0 Å². The van der Waals surface area contributed by atoms with E-state index < -0.39 is 0 Å². The topological polar surface area (TPSA) is 49.8 Å². The lowest BCUT2D eigenvalue weighted by atomic mass is 9.86. The van der Waals surface area contributed by atoms with Crippen LogP contribution in [0.2, 0.25) is 0 Å². The molecule has 112 valence electrons. The van der Waals surface area contributed by atoms with Gasteiger partial charge in [-0.25, -0.2) is 9.97 Å². The number of rotatable bonds is 4. The standard InChI is InChI=1S/C16H22N4S/c1-16(2,3)11-8-6-7-9-12(11)18-14-10-13(17-4)19-15(20-14)21-5/h6-10H,1-5H3,(H2,17,18,19,20). The average molecular weight is 302 g/mol. The van der Waals surface area contributed by atoms with Gasteiger partial charge >= 0.3 is 0 Å². The zero-order valence-corrected chi connectivity index (χ0v) is 14.0. The quantitative estimate of drug-likeness (QED) is 0.652. The Balaban J connectivity index is 2.39. The summed E-state index contributed by atoms with van der Waals surface area (Å²) in [5.74, 6) is 1.61. The predicted octanol–water partition coefficient (Wildman–Crippen LogP) is 4.28. The number of hydrogen-bond donors (Lipinski definition) is 2. The van der Waals surface area contributed by atoms with E-state index >= 15 is 0 Å². The van der Waals surface area contributed by atoms with E-state index in [1.807, 2.05) is 25.4 Å². The molecule has 0 saturated heterocycles. The number of hydrogen-bond acceptors (Lipinski definition) is 5. The van der Waals surface area contributed by atoms with Crippen LogP contribution in [0.5, 0.6) is 0 Å². The van der Waals surface area contributed by atoms with Crippen LogP contribution >= 0.6 is 11.8 Å². The fourth-order valence-corrected chi connectivity index (χ4v) is 2.47. The minimum Gasteiger partial charge on any atom is -0.373 e. The number of anilines is 3. The molecule has 1 heterocycles. The lowest BCUT2D eigenvalue weighted by Crippen LogP contribution is -2.14. The Morgan fingerprint density at radius 2 is 1.71 bits per heavy atom. The first-order valence-electron chi connectivity index (χ1n) is 6.91. The van der Waals surface area contributed by atoms with Crippen LogP contribution in [0.15, 0.2) is 35.5 Å². The van der Waals surface area contributed by atoms with Gasteiger partial charge in [0.05, 0.1) is 0 Å². The zero-order valence-electron chi connectivity index (χ0n) is 13.2.